The maximum atomic E-state index is 12.8. The summed E-state index contributed by atoms with van der Waals surface area (Å²) in [7, 11) is 0. The number of likely N-dealkylation sites (tertiary alicyclic amines) is 2. The number of ketones is 2. The predicted octanol–water partition coefficient (Wildman–Crippen LogP) is 8.39. The van der Waals surface area contributed by atoms with E-state index in [1.165, 1.54) is 20.3 Å². The first-order chi connectivity index (χ1) is 22.5. The van der Waals surface area contributed by atoms with Gasteiger partial charge in [0.25, 0.3) is 0 Å². The van der Waals surface area contributed by atoms with Gasteiger partial charge in [-0.2, -0.15) is 0 Å². The van der Waals surface area contributed by atoms with Crippen LogP contribution in [0.2, 0.25) is 0 Å². The number of ether oxygens (including phenoxy) is 2. The summed E-state index contributed by atoms with van der Waals surface area (Å²) >= 11 is 0. The van der Waals surface area contributed by atoms with E-state index in [9.17, 15) is 24.0 Å². The lowest BCUT2D eigenvalue weighted by molar-refractivity contribution is -0.137. The molecule has 0 spiro atoms. The maximum absolute atomic E-state index is 12.8. The second kappa shape index (κ2) is 21.5. The van der Waals surface area contributed by atoms with Crippen molar-refractivity contribution >= 4 is 29.7 Å². The molecule has 49 heavy (non-hydrogen) atoms. The number of Topliss-reactive ketones (excluding diaryl/α,β-unsaturated/α-hetero) is 2. The Bertz CT molecular complexity index is 1120. The van der Waals surface area contributed by atoms with Crippen molar-refractivity contribution in [2.45, 2.75) is 144 Å². The lowest BCUT2D eigenvalue weighted by atomic mass is 9.78. The zero-order valence-corrected chi connectivity index (χ0v) is 32.4. The monoisotopic (exact) mass is 690 g/mol. The first-order valence-corrected chi connectivity index (χ1v) is 17.2. The number of imide groups is 1. The third kappa shape index (κ3) is 15.7. The summed E-state index contributed by atoms with van der Waals surface area (Å²) < 4.78 is 10.7. The largest absolute Gasteiger partial charge is 0.444 e. The Morgan fingerprint density at radius 2 is 1.12 bits per heavy atom. The molecule has 0 aromatic carbocycles. The van der Waals surface area contributed by atoms with E-state index in [1.54, 1.807) is 44.7 Å². The van der Waals surface area contributed by atoms with E-state index >= 15 is 0 Å². The molecule has 0 aromatic heterocycles. The Kier molecular flexibility index (Phi) is 20.9. The lowest BCUT2D eigenvalue weighted by Gasteiger charge is -2.29. The van der Waals surface area contributed by atoms with Gasteiger partial charge in [0.15, 0.2) is 11.6 Å². The molecular formula is C39H66N2O8. The van der Waals surface area contributed by atoms with E-state index in [4.69, 9.17) is 14.6 Å². The molecule has 2 heterocycles. The zero-order chi connectivity index (χ0) is 38.8. The van der Waals surface area contributed by atoms with Crippen molar-refractivity contribution in [1.82, 2.24) is 9.80 Å². The van der Waals surface area contributed by atoms with Gasteiger partial charge in [-0.05, 0) is 106 Å². The van der Waals surface area contributed by atoms with Gasteiger partial charge in [0.1, 0.15) is 17.2 Å². The van der Waals surface area contributed by atoms with Gasteiger partial charge in [0, 0.05) is 13.2 Å². The molecule has 2 fully saturated rings. The van der Waals surface area contributed by atoms with E-state index in [2.05, 4.69) is 40.2 Å². The van der Waals surface area contributed by atoms with Crippen molar-refractivity contribution in [2.75, 3.05) is 13.2 Å². The molecule has 1 N–H and O–H groups in total. The van der Waals surface area contributed by atoms with Crippen LogP contribution in [0.15, 0.2) is 50.6 Å². The fourth-order valence-corrected chi connectivity index (χ4v) is 5.69. The topological polar surface area (TPSA) is 131 Å². The van der Waals surface area contributed by atoms with Gasteiger partial charge < -0.3 is 14.6 Å². The van der Waals surface area contributed by atoms with Crippen LogP contribution in [-0.4, -0.2) is 81.0 Å². The molecule has 2 rings (SSSR count). The summed E-state index contributed by atoms with van der Waals surface area (Å²) in [6.45, 7) is 35.2. The standard InChI is InChI=1S/C17H25NO4.C17H27NO3.C3H8.C2H6O/c1-7-9-17(10-8-2)11-13(12(3)19)18(14(17)20)15(21)22-16(4,5)6;1-7-9-17(10-8-2)11-14(13(3)19)18(12-17)15(20)21-16(4,5)6;1-3-2;1-2-3/h7-8,13H,1-2,9-11H2,3-6H3;7-8,14H,1-2,9-12H2,3-6H3;3H2,1-2H3;3H,2H2,1H3/t13-;14-;;/m00../s1. The van der Waals surface area contributed by atoms with Crippen molar-refractivity contribution in [3.8, 4) is 0 Å². The van der Waals surface area contributed by atoms with Gasteiger partial charge in [-0.25, -0.2) is 14.5 Å². The molecule has 0 saturated carbocycles. The van der Waals surface area contributed by atoms with Crippen LogP contribution < -0.4 is 0 Å². The Balaban J connectivity index is 0. The molecule has 0 aliphatic carbocycles. The number of aliphatic hydroxyl groups excluding tert-OH is 1. The molecule has 0 unspecified atom stereocenters. The molecule has 0 radical (unpaired) electrons. The van der Waals surface area contributed by atoms with Gasteiger partial charge in [0.05, 0.1) is 11.5 Å². The second-order valence-corrected chi connectivity index (χ2v) is 14.7. The van der Waals surface area contributed by atoms with Crippen LogP contribution in [0.5, 0.6) is 0 Å². The Hall–Kier alpha value is -3.53. The van der Waals surface area contributed by atoms with Crippen molar-refractivity contribution in [2.24, 2.45) is 10.8 Å². The molecule has 0 aromatic rings. The number of amides is 3. The normalized spacial score (nSPS) is 19.0. The minimum absolute atomic E-state index is 0.00383. The minimum Gasteiger partial charge on any atom is -0.444 e. The van der Waals surface area contributed by atoms with E-state index in [1.807, 2.05) is 32.9 Å². The summed E-state index contributed by atoms with van der Waals surface area (Å²) in [6, 6.07) is -1.21. The average molecular weight is 691 g/mol. The van der Waals surface area contributed by atoms with E-state index in [-0.39, 0.29) is 35.9 Å². The van der Waals surface area contributed by atoms with Crippen molar-refractivity contribution in [1.29, 1.82) is 0 Å². The Labute approximate surface area is 296 Å². The van der Waals surface area contributed by atoms with Crippen LogP contribution in [0.25, 0.3) is 0 Å². The average Bonchev–Trinajstić information content (AvgIpc) is 3.46. The number of carbonyl (C=O) groups is 5. The molecule has 0 bridgehead atoms. The molecule has 10 heteroatoms. The first kappa shape index (κ1) is 47.6. The zero-order valence-electron chi connectivity index (χ0n) is 32.4. The number of allylic oxidation sites excluding steroid dienone is 4. The second-order valence-electron chi connectivity index (χ2n) is 14.7. The molecule has 280 valence electrons. The summed E-state index contributed by atoms with van der Waals surface area (Å²) in [5.74, 6) is -0.619. The Morgan fingerprint density at radius 3 is 1.45 bits per heavy atom. The lowest BCUT2D eigenvalue weighted by Crippen LogP contribution is -2.46. The van der Waals surface area contributed by atoms with Gasteiger partial charge in [-0.1, -0.05) is 44.6 Å². The SMILES string of the molecule is C=CCC1(CC=C)C[C@@H](C(C)=O)N(C(=O)OC(C)(C)C)C1.C=CCC1(CC=C)C[C@@H](C(C)=O)N(C(=O)OC(C)(C)C)C1=O.CCC.CCO. The highest BCUT2D eigenvalue weighted by Crippen LogP contribution is 2.44. The summed E-state index contributed by atoms with van der Waals surface area (Å²) in [5, 5.41) is 7.57. The van der Waals surface area contributed by atoms with Gasteiger partial charge in [-0.15, -0.1) is 26.3 Å². The smallest absolute Gasteiger partial charge is 0.417 e. The number of hydrogen-bond acceptors (Lipinski definition) is 8. The summed E-state index contributed by atoms with van der Waals surface area (Å²) in [5.41, 5.74) is -2.30. The minimum atomic E-state index is -0.837. The number of aliphatic hydroxyl groups is 1. The van der Waals surface area contributed by atoms with Gasteiger partial charge in [-0.3, -0.25) is 19.3 Å². The number of rotatable bonds is 10. The number of nitrogens with zero attached hydrogens (tertiary/aromatic N) is 2. The molecule has 2 atom stereocenters. The molecule has 10 nitrogen and oxygen atoms in total. The van der Waals surface area contributed by atoms with E-state index in [0.29, 0.717) is 25.8 Å². The van der Waals surface area contributed by atoms with E-state index < -0.39 is 40.9 Å². The highest BCUT2D eigenvalue weighted by atomic mass is 16.6. The van der Waals surface area contributed by atoms with Crippen LogP contribution in [0.1, 0.15) is 121 Å². The molecular weight excluding hydrogens is 624 g/mol. The fraction of sp³-hybridized carbons (Fsp3) is 0.667. The number of carbonyl (C=O) groups excluding carboxylic acids is 5. The molecule has 2 aliphatic heterocycles. The van der Waals surface area contributed by atoms with E-state index in [0.717, 1.165) is 17.7 Å². The van der Waals surface area contributed by atoms with Crippen LogP contribution in [0.3, 0.4) is 0 Å². The van der Waals surface area contributed by atoms with Crippen LogP contribution in [0, 0.1) is 10.8 Å². The summed E-state index contributed by atoms with van der Waals surface area (Å²) in [4.78, 5) is 63.9. The predicted molar refractivity (Wildman–Crippen MR) is 197 cm³/mol. The highest BCUT2D eigenvalue weighted by Gasteiger charge is 2.55. The quantitative estimate of drug-likeness (QED) is 0.226. The van der Waals surface area contributed by atoms with Crippen molar-refractivity contribution < 1.29 is 38.6 Å². The fourth-order valence-electron chi connectivity index (χ4n) is 5.69. The molecule has 3 amide bonds. The van der Waals surface area contributed by atoms with Crippen LogP contribution in [0.4, 0.5) is 9.59 Å². The Morgan fingerprint density at radius 1 is 0.755 bits per heavy atom. The molecule has 2 aliphatic rings. The highest BCUT2D eigenvalue weighted by molar-refractivity contribution is 6.03. The molecule has 2 saturated heterocycles. The van der Waals surface area contributed by atoms with Crippen molar-refractivity contribution in [3.63, 3.8) is 0 Å². The third-order valence-corrected chi connectivity index (χ3v) is 7.46. The maximum Gasteiger partial charge on any atom is 0.417 e. The summed E-state index contributed by atoms with van der Waals surface area (Å²) in [6.07, 6.45) is 10.2. The first-order valence-electron chi connectivity index (χ1n) is 17.2. The van der Waals surface area contributed by atoms with Crippen molar-refractivity contribution in [3.05, 3.63) is 50.6 Å². The van der Waals surface area contributed by atoms with Crippen LogP contribution in [-0.2, 0) is 23.9 Å². The number of hydrogen-bond donors (Lipinski definition) is 1. The van der Waals surface area contributed by atoms with Gasteiger partial charge >= 0.3 is 12.2 Å². The van der Waals surface area contributed by atoms with Gasteiger partial charge in [0.2, 0.25) is 5.91 Å². The van der Waals surface area contributed by atoms with Crippen LogP contribution >= 0.6 is 0 Å². The third-order valence-electron chi connectivity index (χ3n) is 7.46.